The number of nitriles is 1. The minimum atomic E-state index is -0.639. The van der Waals surface area contributed by atoms with Gasteiger partial charge in [-0.05, 0) is 92.7 Å². The van der Waals surface area contributed by atoms with E-state index in [1.807, 2.05) is 0 Å². The van der Waals surface area contributed by atoms with E-state index in [-0.39, 0.29) is 0 Å². The number of hydrogen-bond acceptors (Lipinski definition) is 2. The van der Waals surface area contributed by atoms with E-state index in [2.05, 4.69) is 31.2 Å². The summed E-state index contributed by atoms with van der Waals surface area (Å²) >= 11 is 0. The normalized spacial score (nSPS) is 27.6. The van der Waals surface area contributed by atoms with E-state index in [4.69, 9.17) is 10.00 Å². The van der Waals surface area contributed by atoms with Crippen LogP contribution in [-0.4, -0.2) is 12.7 Å². The lowest BCUT2D eigenvalue weighted by molar-refractivity contribution is -0.00474. The van der Waals surface area contributed by atoms with Crippen LogP contribution in [0.25, 0.3) is 0 Å². The Hall–Kier alpha value is -1.66. The molecule has 3 heteroatoms. The molecule has 1 aromatic carbocycles. The molecule has 2 aliphatic carbocycles. The van der Waals surface area contributed by atoms with Crippen molar-refractivity contribution >= 4 is 0 Å². The molecule has 0 atom stereocenters. The Kier molecular flexibility index (Phi) is 9.40. The molecule has 0 heterocycles. The average molecular weight is 412 g/mol. The van der Waals surface area contributed by atoms with Gasteiger partial charge in [-0.3, -0.25) is 0 Å². The van der Waals surface area contributed by atoms with Gasteiger partial charge in [0.05, 0.1) is 6.10 Å². The molecule has 0 amide bonds. The zero-order chi connectivity index (χ0) is 21.2. The van der Waals surface area contributed by atoms with Gasteiger partial charge in [-0.1, -0.05) is 50.5 Å². The van der Waals surface area contributed by atoms with Gasteiger partial charge in [0.25, 0.3) is 0 Å². The second-order valence-electron chi connectivity index (χ2n) is 9.43. The van der Waals surface area contributed by atoms with Crippen LogP contribution < -0.4 is 0 Å². The van der Waals surface area contributed by atoms with Crippen molar-refractivity contribution < 1.29 is 9.13 Å². The number of allylic oxidation sites excluding steroid dienone is 2. The molecule has 2 fully saturated rings. The molecule has 30 heavy (non-hydrogen) atoms. The third-order valence-corrected chi connectivity index (χ3v) is 7.20. The molecule has 1 aromatic rings. The van der Waals surface area contributed by atoms with Gasteiger partial charge in [-0.25, -0.2) is 0 Å². The molecular weight excluding hydrogens is 373 g/mol. The van der Waals surface area contributed by atoms with Crippen LogP contribution in [0.5, 0.6) is 0 Å². The van der Waals surface area contributed by atoms with Crippen LogP contribution in [0.2, 0.25) is 0 Å². The van der Waals surface area contributed by atoms with Crippen LogP contribution in [0.15, 0.2) is 36.2 Å². The van der Waals surface area contributed by atoms with Gasteiger partial charge in [0.1, 0.15) is 6.07 Å². The quantitative estimate of drug-likeness (QED) is 0.391. The molecule has 3 rings (SSSR count). The fourth-order valence-electron chi connectivity index (χ4n) is 5.26. The van der Waals surface area contributed by atoms with Gasteiger partial charge in [0.2, 0.25) is 0 Å². The summed E-state index contributed by atoms with van der Waals surface area (Å²) in [4.78, 5) is 0. The largest absolute Gasteiger partial charge is 0.378 e. The van der Waals surface area contributed by atoms with Gasteiger partial charge < -0.3 is 4.74 Å². The maximum Gasteiger partial charge on any atom is 0.196 e. The van der Waals surface area contributed by atoms with E-state index < -0.39 is 5.83 Å². The van der Waals surface area contributed by atoms with Crippen molar-refractivity contribution in [3.63, 3.8) is 0 Å². The van der Waals surface area contributed by atoms with E-state index in [0.29, 0.717) is 30.3 Å². The van der Waals surface area contributed by atoms with Crippen LogP contribution in [0.3, 0.4) is 0 Å². The number of rotatable bonds is 9. The number of hydrogen-bond donors (Lipinski definition) is 0. The Morgan fingerprint density at radius 2 is 1.70 bits per heavy atom. The lowest BCUT2D eigenvalue weighted by Crippen LogP contribution is -2.25. The predicted octanol–water partition coefficient (Wildman–Crippen LogP) is 7.65. The van der Waals surface area contributed by atoms with Crippen molar-refractivity contribution in [3.05, 3.63) is 47.3 Å². The highest BCUT2D eigenvalue weighted by Gasteiger charge is 2.25. The molecular formula is C27H38FNO. The summed E-state index contributed by atoms with van der Waals surface area (Å²) in [7, 11) is 0. The van der Waals surface area contributed by atoms with Gasteiger partial charge in [-0.15, -0.1) is 0 Å². The Bertz CT molecular complexity index is 689. The van der Waals surface area contributed by atoms with E-state index >= 15 is 0 Å². The maximum absolute atomic E-state index is 12.9. The summed E-state index contributed by atoms with van der Waals surface area (Å²) in [5.41, 5.74) is 2.97. The number of nitrogens with zero attached hydrogens (tertiary/aromatic N) is 1. The summed E-state index contributed by atoms with van der Waals surface area (Å²) < 4.78 is 19.2. The molecule has 0 bridgehead atoms. The van der Waals surface area contributed by atoms with E-state index in [1.165, 1.54) is 81.4 Å². The number of benzene rings is 1. The Balaban J connectivity index is 1.30. The zero-order valence-electron chi connectivity index (χ0n) is 18.6. The van der Waals surface area contributed by atoms with E-state index in [1.54, 1.807) is 6.07 Å². The molecule has 0 saturated heterocycles. The first-order valence-corrected chi connectivity index (χ1v) is 12.1. The van der Waals surface area contributed by atoms with Crippen molar-refractivity contribution in [1.82, 2.24) is 0 Å². The van der Waals surface area contributed by atoms with Crippen LogP contribution in [-0.2, 0) is 11.2 Å². The molecule has 0 radical (unpaired) electrons. The summed E-state index contributed by atoms with van der Waals surface area (Å²) in [5.74, 6) is 1.44. The van der Waals surface area contributed by atoms with Crippen LogP contribution >= 0.6 is 0 Å². The summed E-state index contributed by atoms with van der Waals surface area (Å²) in [6.07, 6.45) is 15.7. The van der Waals surface area contributed by atoms with Crippen LogP contribution in [0.1, 0.15) is 94.6 Å². The average Bonchev–Trinajstić information content (AvgIpc) is 2.79. The molecule has 0 unspecified atom stereocenters. The number of halogens is 1. The molecule has 0 spiro atoms. The highest BCUT2D eigenvalue weighted by Crippen LogP contribution is 2.36. The van der Waals surface area contributed by atoms with Crippen molar-refractivity contribution in [2.24, 2.45) is 11.8 Å². The Morgan fingerprint density at radius 3 is 2.33 bits per heavy atom. The summed E-state index contributed by atoms with van der Waals surface area (Å²) in [6.45, 7) is 3.15. The first kappa shape index (κ1) is 23.0. The fraction of sp³-hybridized carbons (Fsp3) is 0.667. The molecule has 164 valence electrons. The minimum Gasteiger partial charge on any atom is -0.378 e. The van der Waals surface area contributed by atoms with Crippen molar-refractivity contribution in [2.75, 3.05) is 6.61 Å². The molecule has 2 saturated carbocycles. The molecule has 0 aliphatic heterocycles. The Labute approximate surface area is 182 Å². The summed E-state index contributed by atoms with van der Waals surface area (Å²) in [6, 6.07) is 10.9. The monoisotopic (exact) mass is 411 g/mol. The standard InChI is InChI=1S/C27H38FNO/c1-2-4-21-11-13-24(14-12-21)25-15-17-27(18-16-25)30-20-23-9-7-22(8-10-23)5-3-6-26(28)19-29/h6,11-14,22-23,25,27H,2-5,7-10,15-18,20H2,1H3. The third-order valence-electron chi connectivity index (χ3n) is 7.20. The fourth-order valence-corrected chi connectivity index (χ4v) is 5.26. The SMILES string of the molecule is CCCc1ccc(C2CCC(OCC3CCC(CCC=C(F)C#N)CC3)CC2)cc1. The highest BCUT2D eigenvalue weighted by molar-refractivity contribution is 5.26. The van der Waals surface area contributed by atoms with Gasteiger partial charge in [0, 0.05) is 6.61 Å². The topological polar surface area (TPSA) is 33.0 Å². The third kappa shape index (κ3) is 7.24. The second-order valence-corrected chi connectivity index (χ2v) is 9.43. The van der Waals surface area contributed by atoms with E-state index in [9.17, 15) is 4.39 Å². The van der Waals surface area contributed by atoms with Crippen molar-refractivity contribution in [1.29, 1.82) is 5.26 Å². The van der Waals surface area contributed by atoms with Gasteiger partial charge in [-0.2, -0.15) is 9.65 Å². The lowest BCUT2D eigenvalue weighted by Gasteiger charge is -2.32. The Morgan fingerprint density at radius 1 is 1.03 bits per heavy atom. The first-order valence-electron chi connectivity index (χ1n) is 12.1. The second kappa shape index (κ2) is 12.3. The smallest absolute Gasteiger partial charge is 0.196 e. The van der Waals surface area contributed by atoms with Crippen LogP contribution in [0.4, 0.5) is 4.39 Å². The first-order chi connectivity index (χ1) is 14.7. The van der Waals surface area contributed by atoms with Crippen LogP contribution in [0, 0.1) is 23.2 Å². The van der Waals surface area contributed by atoms with Gasteiger partial charge in [0.15, 0.2) is 5.83 Å². The molecule has 2 aliphatic rings. The predicted molar refractivity (Wildman–Crippen MR) is 121 cm³/mol. The maximum atomic E-state index is 12.9. The van der Waals surface area contributed by atoms with Crippen molar-refractivity contribution in [3.8, 4) is 6.07 Å². The molecule has 2 nitrogen and oxygen atoms in total. The zero-order valence-corrected chi connectivity index (χ0v) is 18.6. The van der Waals surface area contributed by atoms with E-state index in [0.717, 1.165) is 13.0 Å². The number of ether oxygens (including phenoxy) is 1. The lowest BCUT2D eigenvalue weighted by atomic mass is 9.80. The summed E-state index contributed by atoms with van der Waals surface area (Å²) in [5, 5.41) is 8.47. The number of aryl methyl sites for hydroxylation is 1. The molecule has 0 N–H and O–H groups in total. The van der Waals surface area contributed by atoms with Gasteiger partial charge >= 0.3 is 0 Å². The minimum absolute atomic E-state index is 0.442. The highest BCUT2D eigenvalue weighted by atomic mass is 19.1. The van der Waals surface area contributed by atoms with Crippen molar-refractivity contribution in [2.45, 2.75) is 96.0 Å². The molecule has 0 aromatic heterocycles.